The van der Waals surface area contributed by atoms with E-state index in [1.807, 2.05) is 19.1 Å². The summed E-state index contributed by atoms with van der Waals surface area (Å²) in [6.45, 7) is 9.24. The number of methoxy groups -OCH3 is 1. The standard InChI is InChI=1S/C17H28FN3O/c1-5-19-16(20-11-6-12-22-4)21-13-17(2,3)14-7-9-15(18)10-8-14/h7-10H,5-6,11-13H2,1-4H3,(H2,19,20,21). The van der Waals surface area contributed by atoms with E-state index >= 15 is 0 Å². The first-order chi connectivity index (χ1) is 10.5. The number of benzene rings is 1. The maximum absolute atomic E-state index is 13.0. The second-order valence-electron chi connectivity index (χ2n) is 5.86. The number of nitrogens with one attached hydrogen (secondary N) is 2. The Morgan fingerprint density at radius 3 is 2.50 bits per heavy atom. The van der Waals surface area contributed by atoms with E-state index < -0.39 is 0 Å². The van der Waals surface area contributed by atoms with Crippen molar-refractivity contribution in [2.24, 2.45) is 4.99 Å². The summed E-state index contributed by atoms with van der Waals surface area (Å²) in [5.41, 5.74) is 0.927. The van der Waals surface area contributed by atoms with Crippen LogP contribution in [0.15, 0.2) is 29.3 Å². The molecule has 0 atom stereocenters. The van der Waals surface area contributed by atoms with Gasteiger partial charge in [-0.25, -0.2) is 4.39 Å². The zero-order valence-corrected chi connectivity index (χ0v) is 14.1. The Morgan fingerprint density at radius 2 is 1.91 bits per heavy atom. The van der Waals surface area contributed by atoms with Crippen molar-refractivity contribution < 1.29 is 9.13 Å². The molecule has 5 heteroatoms. The number of hydrogen-bond acceptors (Lipinski definition) is 2. The minimum Gasteiger partial charge on any atom is -0.385 e. The molecule has 22 heavy (non-hydrogen) atoms. The summed E-state index contributed by atoms with van der Waals surface area (Å²) in [6, 6.07) is 6.64. The molecular weight excluding hydrogens is 281 g/mol. The van der Waals surface area contributed by atoms with Crippen LogP contribution in [-0.4, -0.2) is 39.3 Å². The molecule has 0 unspecified atom stereocenters. The zero-order valence-electron chi connectivity index (χ0n) is 14.1. The van der Waals surface area contributed by atoms with Crippen molar-refractivity contribution in [3.8, 4) is 0 Å². The van der Waals surface area contributed by atoms with Gasteiger partial charge >= 0.3 is 0 Å². The Morgan fingerprint density at radius 1 is 1.23 bits per heavy atom. The normalized spacial score (nSPS) is 12.3. The number of halogens is 1. The van der Waals surface area contributed by atoms with E-state index in [0.717, 1.165) is 37.6 Å². The zero-order chi connectivity index (χ0) is 16.4. The molecule has 1 aromatic carbocycles. The van der Waals surface area contributed by atoms with Gasteiger partial charge in [0.25, 0.3) is 0 Å². The fraction of sp³-hybridized carbons (Fsp3) is 0.588. The van der Waals surface area contributed by atoms with Gasteiger partial charge in [-0.15, -0.1) is 0 Å². The lowest BCUT2D eigenvalue weighted by Crippen LogP contribution is -2.39. The minimum atomic E-state index is -0.212. The molecule has 0 spiro atoms. The van der Waals surface area contributed by atoms with Gasteiger partial charge in [-0.05, 0) is 31.0 Å². The first-order valence-corrected chi connectivity index (χ1v) is 7.76. The van der Waals surface area contributed by atoms with Crippen molar-refractivity contribution in [2.75, 3.05) is 33.4 Å². The largest absolute Gasteiger partial charge is 0.385 e. The molecule has 0 bridgehead atoms. The predicted octanol–water partition coefficient (Wildman–Crippen LogP) is 2.69. The van der Waals surface area contributed by atoms with E-state index in [1.54, 1.807) is 7.11 Å². The van der Waals surface area contributed by atoms with Crippen molar-refractivity contribution in [2.45, 2.75) is 32.6 Å². The molecule has 1 aromatic rings. The number of hydrogen-bond donors (Lipinski definition) is 2. The number of rotatable bonds is 8. The first kappa shape index (κ1) is 18.4. The molecule has 0 aliphatic heterocycles. The molecule has 2 N–H and O–H groups in total. The van der Waals surface area contributed by atoms with Crippen LogP contribution in [0.2, 0.25) is 0 Å². The van der Waals surface area contributed by atoms with Gasteiger partial charge in [0.1, 0.15) is 5.82 Å². The Bertz CT molecular complexity index is 457. The van der Waals surface area contributed by atoms with Crippen LogP contribution in [0.3, 0.4) is 0 Å². The number of aliphatic imine (C=N–C) groups is 1. The molecule has 0 radical (unpaired) electrons. The van der Waals surface area contributed by atoms with E-state index in [1.165, 1.54) is 12.1 Å². The van der Waals surface area contributed by atoms with Crippen molar-refractivity contribution in [3.05, 3.63) is 35.6 Å². The van der Waals surface area contributed by atoms with Crippen molar-refractivity contribution in [3.63, 3.8) is 0 Å². The van der Waals surface area contributed by atoms with Crippen LogP contribution in [0.1, 0.15) is 32.8 Å². The van der Waals surface area contributed by atoms with E-state index in [4.69, 9.17) is 4.74 Å². The first-order valence-electron chi connectivity index (χ1n) is 7.76. The topological polar surface area (TPSA) is 45.7 Å². The summed E-state index contributed by atoms with van der Waals surface area (Å²) in [5.74, 6) is 0.588. The van der Waals surface area contributed by atoms with Crippen molar-refractivity contribution in [1.82, 2.24) is 10.6 Å². The highest BCUT2D eigenvalue weighted by molar-refractivity contribution is 5.79. The molecule has 1 rings (SSSR count). The predicted molar refractivity (Wildman–Crippen MR) is 89.9 cm³/mol. The maximum atomic E-state index is 13.0. The smallest absolute Gasteiger partial charge is 0.191 e. The third kappa shape index (κ3) is 6.43. The van der Waals surface area contributed by atoms with Crippen LogP contribution in [0, 0.1) is 5.82 Å². The average molecular weight is 309 g/mol. The molecule has 0 saturated heterocycles. The SMILES string of the molecule is CCNC(=NCC(C)(C)c1ccc(F)cc1)NCCCOC. The van der Waals surface area contributed by atoms with E-state index in [-0.39, 0.29) is 11.2 Å². The van der Waals surface area contributed by atoms with Gasteiger partial charge in [-0.2, -0.15) is 0 Å². The molecule has 0 saturated carbocycles. The van der Waals surface area contributed by atoms with E-state index in [9.17, 15) is 4.39 Å². The Hall–Kier alpha value is -1.62. The molecule has 0 amide bonds. The van der Waals surface area contributed by atoms with Crippen LogP contribution in [0.25, 0.3) is 0 Å². The van der Waals surface area contributed by atoms with Crippen molar-refractivity contribution >= 4 is 5.96 Å². The Labute approximate surface area is 133 Å². The second-order valence-corrected chi connectivity index (χ2v) is 5.86. The fourth-order valence-corrected chi connectivity index (χ4v) is 2.03. The summed E-state index contributed by atoms with van der Waals surface area (Å²) in [4.78, 5) is 4.64. The lowest BCUT2D eigenvalue weighted by atomic mass is 9.85. The molecule has 0 heterocycles. The summed E-state index contributed by atoms with van der Waals surface area (Å²) in [6.07, 6.45) is 0.933. The Balaban J connectivity index is 2.64. The number of ether oxygens (including phenoxy) is 1. The summed E-state index contributed by atoms with van der Waals surface area (Å²) in [7, 11) is 1.70. The second kappa shape index (κ2) is 9.41. The molecule has 4 nitrogen and oxygen atoms in total. The maximum Gasteiger partial charge on any atom is 0.191 e. The molecule has 0 fully saturated rings. The third-order valence-electron chi connectivity index (χ3n) is 3.42. The van der Waals surface area contributed by atoms with Gasteiger partial charge < -0.3 is 15.4 Å². The van der Waals surface area contributed by atoms with Gasteiger partial charge in [0.15, 0.2) is 5.96 Å². The van der Waals surface area contributed by atoms with Gasteiger partial charge in [0.2, 0.25) is 0 Å². The third-order valence-corrected chi connectivity index (χ3v) is 3.42. The summed E-state index contributed by atoms with van der Waals surface area (Å²) in [5, 5.41) is 6.52. The Kier molecular flexibility index (Phi) is 7.88. The number of nitrogens with zero attached hydrogens (tertiary/aromatic N) is 1. The van der Waals surface area contributed by atoms with E-state index in [2.05, 4.69) is 29.5 Å². The molecule has 0 aromatic heterocycles. The quantitative estimate of drug-likeness (QED) is 0.441. The van der Waals surface area contributed by atoms with Crippen LogP contribution in [-0.2, 0) is 10.2 Å². The average Bonchev–Trinajstić information content (AvgIpc) is 2.49. The monoisotopic (exact) mass is 309 g/mol. The van der Waals surface area contributed by atoms with Gasteiger partial charge in [0, 0.05) is 32.2 Å². The van der Waals surface area contributed by atoms with Gasteiger partial charge in [-0.1, -0.05) is 26.0 Å². The lowest BCUT2D eigenvalue weighted by molar-refractivity contribution is 0.195. The highest BCUT2D eigenvalue weighted by Crippen LogP contribution is 2.23. The van der Waals surface area contributed by atoms with Crippen LogP contribution < -0.4 is 10.6 Å². The molecule has 0 aliphatic carbocycles. The summed E-state index contributed by atoms with van der Waals surface area (Å²) < 4.78 is 18.1. The highest BCUT2D eigenvalue weighted by Gasteiger charge is 2.20. The van der Waals surface area contributed by atoms with Gasteiger partial charge in [0.05, 0.1) is 6.54 Å². The van der Waals surface area contributed by atoms with Crippen molar-refractivity contribution in [1.29, 1.82) is 0 Å². The summed E-state index contributed by atoms with van der Waals surface area (Å²) >= 11 is 0. The molecular formula is C17H28FN3O. The van der Waals surface area contributed by atoms with E-state index in [0.29, 0.717) is 6.54 Å². The van der Waals surface area contributed by atoms with Gasteiger partial charge in [-0.3, -0.25) is 4.99 Å². The minimum absolute atomic E-state index is 0.150. The molecule has 124 valence electrons. The lowest BCUT2D eigenvalue weighted by Gasteiger charge is -2.24. The van der Waals surface area contributed by atoms with Crippen LogP contribution in [0.4, 0.5) is 4.39 Å². The highest BCUT2D eigenvalue weighted by atomic mass is 19.1. The molecule has 0 aliphatic rings. The fourth-order valence-electron chi connectivity index (χ4n) is 2.03. The number of guanidine groups is 1. The van der Waals surface area contributed by atoms with Crippen LogP contribution >= 0.6 is 0 Å². The van der Waals surface area contributed by atoms with Crippen LogP contribution in [0.5, 0.6) is 0 Å².